The summed E-state index contributed by atoms with van der Waals surface area (Å²) >= 11 is 0. The van der Waals surface area contributed by atoms with Crippen molar-refractivity contribution < 1.29 is 4.79 Å². The number of nitrogens with one attached hydrogen (secondary N) is 1. The number of carbonyl (C=O) groups is 1. The molecule has 0 radical (unpaired) electrons. The van der Waals surface area contributed by atoms with Crippen LogP contribution in [0.5, 0.6) is 0 Å². The number of hydrogen-bond acceptors (Lipinski definition) is 2. The summed E-state index contributed by atoms with van der Waals surface area (Å²) in [6, 6.07) is 0.547. The highest BCUT2D eigenvalue weighted by atomic mass is 16.2. The average molecular weight is 253 g/mol. The van der Waals surface area contributed by atoms with E-state index in [9.17, 15) is 4.79 Å². The van der Waals surface area contributed by atoms with E-state index >= 15 is 0 Å². The van der Waals surface area contributed by atoms with Crippen molar-refractivity contribution in [2.24, 2.45) is 5.73 Å². The molecule has 1 saturated carbocycles. The van der Waals surface area contributed by atoms with E-state index in [2.05, 4.69) is 19.2 Å². The predicted molar refractivity (Wildman–Crippen MR) is 73.4 cm³/mol. The number of piperidine rings is 1. The fraction of sp³-hybridized carbons (Fsp3) is 0.929. The molecule has 18 heavy (non-hydrogen) atoms. The smallest absolute Gasteiger partial charge is 0.318 e. The van der Waals surface area contributed by atoms with Gasteiger partial charge in [0.2, 0.25) is 0 Å². The highest BCUT2D eigenvalue weighted by Crippen LogP contribution is 2.27. The van der Waals surface area contributed by atoms with E-state index in [4.69, 9.17) is 5.73 Å². The number of urea groups is 1. The molecule has 2 amide bonds. The maximum atomic E-state index is 12.4. The molecule has 4 nitrogen and oxygen atoms in total. The van der Waals surface area contributed by atoms with Crippen LogP contribution in [0.25, 0.3) is 0 Å². The largest absolute Gasteiger partial charge is 0.335 e. The Hall–Kier alpha value is -0.770. The summed E-state index contributed by atoms with van der Waals surface area (Å²) in [5.74, 6) is 0. The second-order valence-corrected chi connectivity index (χ2v) is 6.34. The van der Waals surface area contributed by atoms with Crippen molar-refractivity contribution in [1.82, 2.24) is 10.2 Å². The fourth-order valence-electron chi connectivity index (χ4n) is 3.17. The molecule has 2 rings (SSSR count). The fourth-order valence-corrected chi connectivity index (χ4v) is 3.17. The van der Waals surface area contributed by atoms with E-state index in [0.717, 1.165) is 32.2 Å². The van der Waals surface area contributed by atoms with Gasteiger partial charge in [-0.2, -0.15) is 0 Å². The zero-order valence-corrected chi connectivity index (χ0v) is 11.7. The van der Waals surface area contributed by atoms with Crippen molar-refractivity contribution in [3.05, 3.63) is 0 Å². The third-order valence-electron chi connectivity index (χ3n) is 4.68. The van der Waals surface area contributed by atoms with E-state index in [1.54, 1.807) is 0 Å². The van der Waals surface area contributed by atoms with Crippen LogP contribution in [0.1, 0.15) is 58.8 Å². The first-order chi connectivity index (χ1) is 8.51. The predicted octanol–water partition coefficient (Wildman–Crippen LogP) is 2.23. The number of likely N-dealkylation sites (tertiary alicyclic amines) is 1. The summed E-state index contributed by atoms with van der Waals surface area (Å²) in [5.41, 5.74) is 5.93. The third-order valence-corrected chi connectivity index (χ3v) is 4.68. The molecule has 0 bridgehead atoms. The van der Waals surface area contributed by atoms with Gasteiger partial charge in [-0.1, -0.05) is 19.3 Å². The van der Waals surface area contributed by atoms with Gasteiger partial charge >= 0.3 is 6.03 Å². The minimum atomic E-state index is -0.225. The summed E-state index contributed by atoms with van der Waals surface area (Å²) < 4.78 is 0. The first kappa shape index (κ1) is 13.7. The maximum Gasteiger partial charge on any atom is 0.318 e. The number of carbonyl (C=O) groups excluding carboxylic acids is 1. The zero-order chi connectivity index (χ0) is 13.2. The van der Waals surface area contributed by atoms with Gasteiger partial charge in [0.05, 0.1) is 5.54 Å². The standard InChI is InChI=1S/C14H27N3O/c1-14(2)12(15)9-6-10-17(14)13(18)16-11-7-4-3-5-8-11/h11-12H,3-10,15H2,1-2H3,(H,16,18). The molecular formula is C14H27N3O. The lowest BCUT2D eigenvalue weighted by Gasteiger charge is -2.47. The molecule has 2 fully saturated rings. The van der Waals surface area contributed by atoms with Gasteiger partial charge in [-0.05, 0) is 39.5 Å². The second-order valence-electron chi connectivity index (χ2n) is 6.34. The first-order valence-corrected chi connectivity index (χ1v) is 7.35. The normalized spacial score (nSPS) is 29.1. The van der Waals surface area contributed by atoms with Crippen molar-refractivity contribution in [2.45, 2.75) is 76.4 Å². The Balaban J connectivity index is 1.94. The minimum Gasteiger partial charge on any atom is -0.335 e. The van der Waals surface area contributed by atoms with E-state index in [1.807, 2.05) is 4.90 Å². The van der Waals surface area contributed by atoms with Crippen molar-refractivity contribution in [3.8, 4) is 0 Å². The Kier molecular flexibility index (Phi) is 4.15. The molecule has 1 saturated heterocycles. The van der Waals surface area contributed by atoms with E-state index in [0.29, 0.717) is 6.04 Å². The van der Waals surface area contributed by atoms with Crippen LogP contribution in [0.4, 0.5) is 4.79 Å². The van der Waals surface area contributed by atoms with Crippen LogP contribution < -0.4 is 11.1 Å². The number of amides is 2. The molecule has 0 aromatic heterocycles. The number of rotatable bonds is 1. The Morgan fingerprint density at radius 2 is 1.83 bits per heavy atom. The topological polar surface area (TPSA) is 58.4 Å². The quantitative estimate of drug-likeness (QED) is 0.753. The van der Waals surface area contributed by atoms with Crippen LogP contribution in [0, 0.1) is 0 Å². The van der Waals surface area contributed by atoms with Crippen LogP contribution in [-0.4, -0.2) is 35.1 Å². The van der Waals surface area contributed by atoms with Gasteiger partial charge in [-0.25, -0.2) is 4.79 Å². The Bertz CT molecular complexity index is 297. The van der Waals surface area contributed by atoms with Gasteiger partial charge in [0.1, 0.15) is 0 Å². The lowest BCUT2D eigenvalue weighted by Crippen LogP contribution is -2.64. The first-order valence-electron chi connectivity index (χ1n) is 7.35. The maximum absolute atomic E-state index is 12.4. The Morgan fingerprint density at radius 1 is 1.17 bits per heavy atom. The molecule has 104 valence electrons. The van der Waals surface area contributed by atoms with Crippen LogP contribution in [0.15, 0.2) is 0 Å². The van der Waals surface area contributed by atoms with Gasteiger partial charge in [-0.15, -0.1) is 0 Å². The van der Waals surface area contributed by atoms with Crippen LogP contribution in [0.2, 0.25) is 0 Å². The highest BCUT2D eigenvalue weighted by molar-refractivity contribution is 5.75. The molecule has 1 heterocycles. The van der Waals surface area contributed by atoms with Crippen molar-refractivity contribution in [2.75, 3.05) is 6.54 Å². The molecule has 2 aliphatic rings. The van der Waals surface area contributed by atoms with E-state index in [-0.39, 0.29) is 17.6 Å². The molecule has 1 aliphatic carbocycles. The second kappa shape index (κ2) is 5.47. The van der Waals surface area contributed by atoms with Gasteiger partial charge in [0, 0.05) is 18.6 Å². The monoisotopic (exact) mass is 253 g/mol. The number of nitrogens with two attached hydrogens (primary N) is 1. The van der Waals surface area contributed by atoms with Crippen molar-refractivity contribution in [3.63, 3.8) is 0 Å². The number of nitrogens with zero attached hydrogens (tertiary/aromatic N) is 1. The highest BCUT2D eigenvalue weighted by Gasteiger charge is 2.39. The van der Waals surface area contributed by atoms with E-state index in [1.165, 1.54) is 19.3 Å². The molecule has 4 heteroatoms. The van der Waals surface area contributed by atoms with Crippen LogP contribution >= 0.6 is 0 Å². The lowest BCUT2D eigenvalue weighted by atomic mass is 9.86. The Morgan fingerprint density at radius 3 is 2.50 bits per heavy atom. The third kappa shape index (κ3) is 2.79. The molecule has 0 aromatic rings. The number of hydrogen-bond donors (Lipinski definition) is 2. The summed E-state index contributed by atoms with van der Waals surface area (Å²) in [6.45, 7) is 4.99. The van der Waals surface area contributed by atoms with Crippen molar-refractivity contribution in [1.29, 1.82) is 0 Å². The zero-order valence-electron chi connectivity index (χ0n) is 11.7. The molecule has 0 aromatic carbocycles. The molecule has 0 spiro atoms. The SMILES string of the molecule is CC1(C)C(N)CCCN1C(=O)NC1CCCCC1. The molecule has 1 aliphatic heterocycles. The van der Waals surface area contributed by atoms with Crippen LogP contribution in [-0.2, 0) is 0 Å². The van der Waals surface area contributed by atoms with Crippen molar-refractivity contribution >= 4 is 6.03 Å². The van der Waals surface area contributed by atoms with Gasteiger partial charge in [0.15, 0.2) is 0 Å². The van der Waals surface area contributed by atoms with Gasteiger partial charge in [0.25, 0.3) is 0 Å². The summed E-state index contributed by atoms with van der Waals surface area (Å²) in [5, 5.41) is 3.20. The van der Waals surface area contributed by atoms with Crippen LogP contribution in [0.3, 0.4) is 0 Å². The molecule has 3 N–H and O–H groups in total. The summed E-state index contributed by atoms with van der Waals surface area (Å²) in [6.07, 6.45) is 8.09. The lowest BCUT2D eigenvalue weighted by molar-refractivity contribution is 0.0825. The summed E-state index contributed by atoms with van der Waals surface area (Å²) in [4.78, 5) is 14.3. The Labute approximate surface area is 110 Å². The minimum absolute atomic E-state index is 0.0852. The van der Waals surface area contributed by atoms with Gasteiger partial charge in [-0.3, -0.25) is 0 Å². The molecular weight excluding hydrogens is 226 g/mol. The van der Waals surface area contributed by atoms with E-state index < -0.39 is 0 Å². The average Bonchev–Trinajstić information content (AvgIpc) is 2.33. The molecule has 1 unspecified atom stereocenters. The van der Waals surface area contributed by atoms with Gasteiger partial charge < -0.3 is 16.0 Å². The molecule has 1 atom stereocenters. The summed E-state index contributed by atoms with van der Waals surface area (Å²) in [7, 11) is 0.